The van der Waals surface area contributed by atoms with Crippen LogP contribution in [-0.4, -0.2) is 30.0 Å². The lowest BCUT2D eigenvalue weighted by molar-refractivity contribution is -0.138. The minimum Gasteiger partial charge on any atom is -0.481 e. The quantitative estimate of drug-likeness (QED) is 0.775. The number of rotatable bonds is 6. The van der Waals surface area contributed by atoms with Crippen LogP contribution in [0.25, 0.3) is 0 Å². The second-order valence-corrected chi connectivity index (χ2v) is 4.34. The zero-order valence-electron chi connectivity index (χ0n) is 11.8. The van der Waals surface area contributed by atoms with E-state index in [4.69, 9.17) is 4.74 Å². The zero-order valence-corrected chi connectivity index (χ0v) is 11.8. The lowest BCUT2D eigenvalue weighted by Crippen LogP contribution is -2.41. The van der Waals surface area contributed by atoms with E-state index in [2.05, 4.69) is 0 Å². The van der Waals surface area contributed by atoms with Crippen molar-refractivity contribution in [3.05, 3.63) is 29.8 Å². The summed E-state index contributed by atoms with van der Waals surface area (Å²) < 4.78 is 5.80. The fourth-order valence-corrected chi connectivity index (χ4v) is 1.90. The van der Waals surface area contributed by atoms with E-state index in [0.717, 1.165) is 24.4 Å². The number of amides is 1. The summed E-state index contributed by atoms with van der Waals surface area (Å²) in [5.41, 5.74) is 1.14. The Hall–Kier alpha value is -1.51. The maximum Gasteiger partial charge on any atom is 0.263 e. The minimum absolute atomic E-state index is 0.0732. The first-order valence-electron chi connectivity index (χ1n) is 6.64. The van der Waals surface area contributed by atoms with Gasteiger partial charge in [0.25, 0.3) is 5.91 Å². The number of likely N-dealkylation sites (N-methyl/N-ethyl adjacent to an activating group) is 1. The summed E-state index contributed by atoms with van der Waals surface area (Å²) in [4.78, 5) is 14.0. The van der Waals surface area contributed by atoms with Crippen molar-refractivity contribution in [2.45, 2.75) is 40.2 Å². The smallest absolute Gasteiger partial charge is 0.263 e. The molecule has 3 heteroatoms. The number of hydrogen-bond acceptors (Lipinski definition) is 2. The van der Waals surface area contributed by atoms with E-state index < -0.39 is 0 Å². The van der Waals surface area contributed by atoms with Crippen LogP contribution in [-0.2, 0) is 4.79 Å². The molecule has 1 rings (SSSR count). The fraction of sp³-hybridized carbons (Fsp3) is 0.533. The van der Waals surface area contributed by atoms with E-state index in [9.17, 15) is 4.79 Å². The van der Waals surface area contributed by atoms with Crippen LogP contribution in [0.1, 0.15) is 32.8 Å². The minimum atomic E-state index is -0.383. The highest BCUT2D eigenvalue weighted by Crippen LogP contribution is 2.16. The van der Waals surface area contributed by atoms with Crippen molar-refractivity contribution in [1.82, 2.24) is 4.90 Å². The Morgan fingerprint density at radius 2 is 1.94 bits per heavy atom. The van der Waals surface area contributed by atoms with Crippen molar-refractivity contribution in [3.8, 4) is 5.75 Å². The van der Waals surface area contributed by atoms with Crippen molar-refractivity contribution in [3.63, 3.8) is 0 Å². The molecule has 0 fully saturated rings. The molecular formula is C15H23NO2. The van der Waals surface area contributed by atoms with Crippen LogP contribution < -0.4 is 4.74 Å². The van der Waals surface area contributed by atoms with Gasteiger partial charge in [0, 0.05) is 13.1 Å². The Bertz CT molecular complexity index is 386. The van der Waals surface area contributed by atoms with Crippen LogP contribution in [0.3, 0.4) is 0 Å². The molecule has 1 aromatic carbocycles. The second kappa shape index (κ2) is 7.04. The average molecular weight is 249 g/mol. The summed E-state index contributed by atoms with van der Waals surface area (Å²) in [6.45, 7) is 9.41. The molecule has 18 heavy (non-hydrogen) atoms. The van der Waals surface area contributed by atoms with Crippen molar-refractivity contribution in [2.75, 3.05) is 13.1 Å². The van der Waals surface area contributed by atoms with Crippen molar-refractivity contribution < 1.29 is 9.53 Å². The molecule has 0 aromatic heterocycles. The number of ether oxygens (including phenoxy) is 1. The first-order valence-corrected chi connectivity index (χ1v) is 6.64. The topological polar surface area (TPSA) is 29.5 Å². The number of benzene rings is 1. The SMILES string of the molecule is CCC(Oc1cccc(C)c1)C(=O)N(CC)CC. The highest BCUT2D eigenvalue weighted by molar-refractivity contribution is 5.81. The van der Waals surface area contributed by atoms with Gasteiger partial charge < -0.3 is 9.64 Å². The van der Waals surface area contributed by atoms with Gasteiger partial charge in [0.15, 0.2) is 6.10 Å². The number of carbonyl (C=O) groups excluding carboxylic acids is 1. The number of nitrogens with zero attached hydrogens (tertiary/aromatic N) is 1. The van der Waals surface area contributed by atoms with Crippen LogP contribution in [0.15, 0.2) is 24.3 Å². The van der Waals surface area contributed by atoms with E-state index in [1.54, 1.807) is 0 Å². The molecule has 1 atom stereocenters. The number of carbonyl (C=O) groups is 1. The van der Waals surface area contributed by atoms with E-state index >= 15 is 0 Å². The lowest BCUT2D eigenvalue weighted by atomic mass is 10.2. The van der Waals surface area contributed by atoms with E-state index in [-0.39, 0.29) is 12.0 Å². The van der Waals surface area contributed by atoms with E-state index in [1.807, 2.05) is 56.9 Å². The summed E-state index contributed by atoms with van der Waals surface area (Å²) >= 11 is 0. The normalized spacial score (nSPS) is 12.0. The summed E-state index contributed by atoms with van der Waals surface area (Å²) in [7, 11) is 0. The standard InChI is InChI=1S/C15H23NO2/c1-5-14(15(17)16(6-2)7-3)18-13-10-8-9-12(4)11-13/h8-11,14H,5-7H2,1-4H3. The predicted octanol–water partition coefficient (Wildman–Crippen LogP) is 3.02. The first kappa shape index (κ1) is 14.6. The first-order chi connectivity index (χ1) is 8.62. The fourth-order valence-electron chi connectivity index (χ4n) is 1.90. The summed E-state index contributed by atoms with van der Waals surface area (Å²) in [6.07, 6.45) is 0.301. The zero-order chi connectivity index (χ0) is 13.5. The molecule has 0 saturated carbocycles. The molecule has 0 bridgehead atoms. The lowest BCUT2D eigenvalue weighted by Gasteiger charge is -2.25. The van der Waals surface area contributed by atoms with Gasteiger partial charge in [0.2, 0.25) is 0 Å². The van der Waals surface area contributed by atoms with Crippen LogP contribution in [0, 0.1) is 6.92 Å². The van der Waals surface area contributed by atoms with Gasteiger partial charge in [-0.05, 0) is 44.9 Å². The van der Waals surface area contributed by atoms with Crippen LogP contribution >= 0.6 is 0 Å². The third kappa shape index (κ3) is 3.76. The van der Waals surface area contributed by atoms with Gasteiger partial charge in [-0.1, -0.05) is 19.1 Å². The van der Waals surface area contributed by atoms with Gasteiger partial charge in [0.1, 0.15) is 5.75 Å². The van der Waals surface area contributed by atoms with E-state index in [1.165, 1.54) is 0 Å². The van der Waals surface area contributed by atoms with Crippen LogP contribution in [0.4, 0.5) is 0 Å². The molecule has 0 radical (unpaired) electrons. The predicted molar refractivity (Wildman–Crippen MR) is 73.8 cm³/mol. The molecule has 1 amide bonds. The third-order valence-electron chi connectivity index (χ3n) is 2.99. The number of aryl methyl sites for hydroxylation is 1. The van der Waals surface area contributed by atoms with Crippen molar-refractivity contribution >= 4 is 5.91 Å². The Balaban J connectivity index is 2.75. The average Bonchev–Trinajstić information content (AvgIpc) is 2.37. The van der Waals surface area contributed by atoms with Gasteiger partial charge in [-0.2, -0.15) is 0 Å². The highest BCUT2D eigenvalue weighted by atomic mass is 16.5. The largest absolute Gasteiger partial charge is 0.481 e. The number of hydrogen-bond donors (Lipinski definition) is 0. The van der Waals surface area contributed by atoms with Gasteiger partial charge in [-0.25, -0.2) is 0 Å². The Kier molecular flexibility index (Phi) is 5.69. The molecular weight excluding hydrogens is 226 g/mol. The molecule has 0 spiro atoms. The van der Waals surface area contributed by atoms with Crippen LogP contribution in [0.2, 0.25) is 0 Å². The van der Waals surface area contributed by atoms with Crippen molar-refractivity contribution in [2.24, 2.45) is 0 Å². The molecule has 0 aliphatic heterocycles. The summed E-state index contributed by atoms with van der Waals surface area (Å²) in [5, 5.41) is 0. The molecule has 0 N–H and O–H groups in total. The molecule has 0 aliphatic carbocycles. The maximum atomic E-state index is 12.2. The Morgan fingerprint density at radius 1 is 1.28 bits per heavy atom. The molecule has 1 unspecified atom stereocenters. The Morgan fingerprint density at radius 3 is 2.44 bits per heavy atom. The van der Waals surface area contributed by atoms with Crippen molar-refractivity contribution in [1.29, 1.82) is 0 Å². The third-order valence-corrected chi connectivity index (χ3v) is 2.99. The monoisotopic (exact) mass is 249 g/mol. The highest BCUT2D eigenvalue weighted by Gasteiger charge is 2.22. The van der Waals surface area contributed by atoms with Gasteiger partial charge in [-0.3, -0.25) is 4.79 Å². The van der Waals surface area contributed by atoms with E-state index in [0.29, 0.717) is 6.42 Å². The molecule has 0 heterocycles. The molecule has 1 aromatic rings. The second-order valence-electron chi connectivity index (χ2n) is 4.34. The Labute approximate surface area is 110 Å². The van der Waals surface area contributed by atoms with Gasteiger partial charge in [0.05, 0.1) is 0 Å². The van der Waals surface area contributed by atoms with Gasteiger partial charge >= 0.3 is 0 Å². The van der Waals surface area contributed by atoms with Crippen LogP contribution in [0.5, 0.6) is 5.75 Å². The molecule has 3 nitrogen and oxygen atoms in total. The molecule has 0 aliphatic rings. The van der Waals surface area contributed by atoms with Gasteiger partial charge in [-0.15, -0.1) is 0 Å². The molecule has 100 valence electrons. The maximum absolute atomic E-state index is 12.2. The molecule has 0 saturated heterocycles. The summed E-state index contributed by atoms with van der Waals surface area (Å²) in [5.74, 6) is 0.839. The summed E-state index contributed by atoms with van der Waals surface area (Å²) in [6, 6.07) is 7.81.